The Hall–Kier alpha value is -6.93. The topological polar surface area (TPSA) is 260 Å². The van der Waals surface area contributed by atoms with Crippen LogP contribution in [0.3, 0.4) is 0 Å². The molecule has 0 aliphatic carbocycles. The first kappa shape index (κ1) is 77.1. The first-order valence-corrected chi connectivity index (χ1v) is 35.0. The van der Waals surface area contributed by atoms with Gasteiger partial charge in [0.1, 0.15) is 41.5 Å². The lowest BCUT2D eigenvalue weighted by atomic mass is 9.79. The van der Waals surface area contributed by atoms with Gasteiger partial charge in [-0.1, -0.05) is 143 Å². The molecule has 0 atom stereocenters. The molecule has 0 saturated carbocycles. The molecule has 1 aliphatic heterocycles. The molecule has 26 heteroatoms. The fourth-order valence-electron chi connectivity index (χ4n) is 9.26. The fraction of sp³-hybridized carbons (Fsp3) is 0.304. The van der Waals surface area contributed by atoms with E-state index in [1.165, 1.54) is 55.8 Å². The van der Waals surface area contributed by atoms with Crippen molar-refractivity contribution in [2.75, 3.05) is 38.8 Å². The minimum absolute atomic E-state index is 0. The predicted octanol–water partition coefficient (Wildman–Crippen LogP) is 16.0. The molecule has 0 bridgehead atoms. The predicted molar refractivity (Wildman–Crippen MR) is 402 cm³/mol. The minimum Gasteiger partial charge on any atom is -0.437 e. The van der Waals surface area contributed by atoms with Gasteiger partial charge in [0, 0.05) is 108 Å². The number of benzene rings is 5. The maximum atomic E-state index is 12.4. The number of rotatable bonds is 13. The normalized spacial score (nSPS) is 13.3. The van der Waals surface area contributed by atoms with Crippen LogP contribution in [0.25, 0.3) is 78.0 Å². The average molecular weight is 1570 g/mol. The molecule has 6 aromatic heterocycles. The molecule has 7 heterocycles. The molecule has 1 aliphatic rings. The maximum Gasteiger partial charge on any atom is 0.494 e. The van der Waals surface area contributed by atoms with Gasteiger partial charge in [-0.2, -0.15) is 0 Å². The standard InChI is InChI=1S/C23H24N4O3S.C15H14IN3O.C14H22BNO4S.C12H6ClIN2O.C3H9N.2CH4/c1-15(2)26-22-20-19(16-8-6-5-7-9-16)21(30-23(20)25-14-24-22)17-10-12-18(13-11-17)31(28,29)27(3)4;1-9(2)19-14-12-11(10-6-4-3-5-7-10)13(16)20-15(12)18-8-17-14;1-13(2)14(3,4)20-15(19-13)11-7-9-12(10-8-11)21(17,18)16(5)6;13-10-9-8(7-4-2-1-3-5-7)11(14)17-12(9)16-6-15-10;1-3(2)4;;/h5-15H,1-4H3,(H,24,25,26);3-9H,1-2H3,(H,17,18,19);7-10H,1-6H3;1-6H;3H,4H2,1-2H3;2*1H4. The first-order valence-electron chi connectivity index (χ1n) is 29.6. The van der Waals surface area contributed by atoms with Crippen LogP contribution in [0.2, 0.25) is 5.15 Å². The summed E-state index contributed by atoms with van der Waals surface area (Å²) in [6.07, 6.45) is 4.41. The number of furan rings is 3. The molecule has 95 heavy (non-hydrogen) atoms. The van der Waals surface area contributed by atoms with E-state index in [0.29, 0.717) is 46.0 Å². The molecule has 20 nitrogen and oxygen atoms in total. The highest BCUT2D eigenvalue weighted by molar-refractivity contribution is 14.1. The quantitative estimate of drug-likeness (QED) is 0.0550. The number of halogens is 3. The molecular weight excluding hydrogens is 1490 g/mol. The Morgan fingerprint density at radius 1 is 0.484 bits per heavy atom. The van der Waals surface area contributed by atoms with Crippen molar-refractivity contribution in [3.8, 4) is 44.7 Å². The number of nitrogens with zero attached hydrogens (tertiary/aromatic N) is 8. The van der Waals surface area contributed by atoms with Crippen LogP contribution in [0.5, 0.6) is 0 Å². The number of aromatic nitrogens is 6. The van der Waals surface area contributed by atoms with E-state index in [1.807, 2.05) is 134 Å². The fourth-order valence-corrected chi connectivity index (χ4v) is 12.9. The zero-order valence-electron chi connectivity index (χ0n) is 54.1. The number of nitrogens with one attached hydrogen (secondary N) is 2. The van der Waals surface area contributed by atoms with Gasteiger partial charge >= 0.3 is 7.12 Å². The van der Waals surface area contributed by atoms with Crippen LogP contribution >= 0.6 is 56.8 Å². The molecule has 0 radical (unpaired) electrons. The van der Waals surface area contributed by atoms with E-state index in [4.69, 9.17) is 39.9 Å². The second-order valence-electron chi connectivity index (χ2n) is 23.7. The van der Waals surface area contributed by atoms with E-state index in [-0.39, 0.29) is 30.7 Å². The van der Waals surface area contributed by atoms with Crippen LogP contribution in [-0.4, -0.2) is 120 Å². The Kier molecular flexibility index (Phi) is 26.7. The molecule has 0 amide bonds. The van der Waals surface area contributed by atoms with Crippen LogP contribution in [-0.2, 0) is 29.4 Å². The van der Waals surface area contributed by atoms with Crippen molar-refractivity contribution in [3.05, 3.63) is 171 Å². The smallest absolute Gasteiger partial charge is 0.437 e. The third-order valence-electron chi connectivity index (χ3n) is 14.5. The van der Waals surface area contributed by atoms with Crippen molar-refractivity contribution in [1.29, 1.82) is 0 Å². The van der Waals surface area contributed by atoms with E-state index < -0.39 is 38.4 Å². The number of nitrogens with two attached hydrogens (primary N) is 1. The molecule has 0 spiro atoms. The average Bonchev–Trinajstić information content (AvgIpc) is 1.65. The van der Waals surface area contributed by atoms with E-state index >= 15 is 0 Å². The van der Waals surface area contributed by atoms with Crippen molar-refractivity contribution in [2.24, 2.45) is 5.73 Å². The largest absolute Gasteiger partial charge is 0.494 e. The number of hydrogen-bond acceptors (Lipinski definition) is 18. The van der Waals surface area contributed by atoms with Crippen LogP contribution in [0, 0.1) is 7.53 Å². The van der Waals surface area contributed by atoms with Crippen molar-refractivity contribution < 1.29 is 39.4 Å². The van der Waals surface area contributed by atoms with E-state index in [9.17, 15) is 16.8 Å². The lowest BCUT2D eigenvalue weighted by molar-refractivity contribution is 0.00578. The summed E-state index contributed by atoms with van der Waals surface area (Å²) in [7, 11) is -1.36. The van der Waals surface area contributed by atoms with Crippen molar-refractivity contribution in [1.82, 2.24) is 38.5 Å². The summed E-state index contributed by atoms with van der Waals surface area (Å²) in [6, 6.07) is 44.1. The Morgan fingerprint density at radius 2 is 0.821 bits per heavy atom. The van der Waals surface area contributed by atoms with Gasteiger partial charge in [-0.05, 0) is 120 Å². The minimum atomic E-state index is -3.51. The molecule has 11 aromatic rings. The van der Waals surface area contributed by atoms with Gasteiger partial charge in [0.25, 0.3) is 0 Å². The zero-order valence-corrected chi connectivity index (χ0v) is 60.8. The monoisotopic (exact) mass is 1570 g/mol. The summed E-state index contributed by atoms with van der Waals surface area (Å²) in [4.78, 5) is 25.9. The summed E-state index contributed by atoms with van der Waals surface area (Å²) in [6.45, 7) is 20.1. The SMILES string of the molecule is C.C.CC(C)N.CC(C)Nc1ncnc2oc(-c3ccc(S(=O)(=O)N(C)C)cc3)c(-c3ccccc3)c12.CC(C)Nc1ncnc2oc(I)c(-c3ccccc3)c12.CN(C)S(=O)(=O)c1ccc(B2OC(C)(C)C(C)(C)O2)cc1.Clc1ncnc2oc(I)c(-c3ccccc3)c12. The molecule has 504 valence electrons. The molecular formula is C69H83BClI2N11O9S2. The van der Waals surface area contributed by atoms with Gasteiger partial charge in [-0.15, -0.1) is 0 Å². The summed E-state index contributed by atoms with van der Waals surface area (Å²) in [5, 5.41) is 9.65. The highest BCUT2D eigenvalue weighted by atomic mass is 127. The lowest BCUT2D eigenvalue weighted by Crippen LogP contribution is -2.41. The van der Waals surface area contributed by atoms with Gasteiger partial charge in [-0.25, -0.2) is 55.3 Å². The van der Waals surface area contributed by atoms with Gasteiger partial charge in [-0.3, -0.25) is 0 Å². The zero-order chi connectivity index (χ0) is 67.7. The molecule has 1 fully saturated rings. The highest BCUT2D eigenvalue weighted by Gasteiger charge is 2.51. The number of fused-ring (bicyclic) bond motifs is 3. The lowest BCUT2D eigenvalue weighted by Gasteiger charge is -2.32. The Labute approximate surface area is 591 Å². The molecule has 4 N–H and O–H groups in total. The second kappa shape index (κ2) is 32.9. The summed E-state index contributed by atoms with van der Waals surface area (Å²) in [5.74, 6) is 2.12. The van der Waals surface area contributed by atoms with Crippen molar-refractivity contribution in [2.45, 2.75) is 123 Å². The van der Waals surface area contributed by atoms with Gasteiger partial charge in [0.2, 0.25) is 37.2 Å². The van der Waals surface area contributed by atoms with E-state index in [1.54, 1.807) is 48.5 Å². The summed E-state index contributed by atoms with van der Waals surface area (Å²) < 4.78 is 82.3. The van der Waals surface area contributed by atoms with Crippen molar-refractivity contribution in [3.63, 3.8) is 0 Å². The van der Waals surface area contributed by atoms with Gasteiger partial charge in [0.15, 0.2) is 7.53 Å². The Morgan fingerprint density at radius 3 is 1.21 bits per heavy atom. The molecule has 1 saturated heterocycles. The number of hydrogen-bond donors (Lipinski definition) is 3. The second-order valence-corrected chi connectivity index (χ2v) is 30.3. The Balaban J connectivity index is 0.000000200. The summed E-state index contributed by atoms with van der Waals surface area (Å²) >= 11 is 10.5. The van der Waals surface area contributed by atoms with Crippen LogP contribution < -0.4 is 21.8 Å². The van der Waals surface area contributed by atoms with Crippen molar-refractivity contribution >= 4 is 134 Å². The van der Waals surface area contributed by atoms with Gasteiger partial charge in [0.05, 0.1) is 37.2 Å². The first-order chi connectivity index (χ1) is 43.9. The number of sulfonamides is 2. The molecule has 5 aromatic carbocycles. The maximum absolute atomic E-state index is 12.4. The number of anilines is 2. The van der Waals surface area contributed by atoms with Crippen LogP contribution in [0.15, 0.2) is 182 Å². The van der Waals surface area contributed by atoms with E-state index in [0.717, 1.165) is 73.9 Å². The van der Waals surface area contributed by atoms with E-state index in [2.05, 4.69) is 112 Å². The van der Waals surface area contributed by atoms with Gasteiger partial charge < -0.3 is 38.9 Å². The third-order valence-corrected chi connectivity index (χ3v) is 19.9. The Bertz CT molecular complexity index is 4530. The van der Waals surface area contributed by atoms with Crippen LogP contribution in [0.4, 0.5) is 11.6 Å². The van der Waals surface area contributed by atoms with Crippen LogP contribution in [0.1, 0.15) is 84.1 Å². The molecule has 0 unspecified atom stereocenters. The molecule has 12 rings (SSSR count). The summed E-state index contributed by atoms with van der Waals surface area (Å²) in [5.41, 5.74) is 13.4. The third kappa shape index (κ3) is 18.2. The highest BCUT2D eigenvalue weighted by Crippen LogP contribution is 2.44.